The number of nitrogens with zero attached hydrogens (tertiary/aromatic N) is 2. The highest BCUT2D eigenvalue weighted by atomic mass is 79.9. The van der Waals surface area contributed by atoms with Crippen LogP contribution in [-0.2, 0) is 0 Å². The van der Waals surface area contributed by atoms with Gasteiger partial charge in [0.25, 0.3) is 11.6 Å². The van der Waals surface area contributed by atoms with Gasteiger partial charge in [-0.25, -0.2) is 0 Å². The van der Waals surface area contributed by atoms with Gasteiger partial charge in [0.15, 0.2) is 0 Å². The maximum atomic E-state index is 12.7. The van der Waals surface area contributed by atoms with Crippen LogP contribution < -0.4 is 0 Å². The fourth-order valence-electron chi connectivity index (χ4n) is 2.76. The van der Waals surface area contributed by atoms with E-state index in [-0.39, 0.29) is 17.6 Å². The van der Waals surface area contributed by atoms with Crippen molar-refractivity contribution in [2.75, 3.05) is 11.9 Å². The normalized spacial score (nSPS) is 19.1. The summed E-state index contributed by atoms with van der Waals surface area (Å²) in [6.45, 7) is 2.42. The number of hydrogen-bond acceptors (Lipinski definition) is 3. The van der Waals surface area contributed by atoms with Crippen LogP contribution in [0.2, 0.25) is 0 Å². The van der Waals surface area contributed by atoms with Crippen LogP contribution in [0.25, 0.3) is 0 Å². The fourth-order valence-corrected chi connectivity index (χ4v) is 3.44. The van der Waals surface area contributed by atoms with Gasteiger partial charge in [-0.1, -0.05) is 28.8 Å². The number of alkyl halides is 1. The van der Waals surface area contributed by atoms with Crippen LogP contribution in [0.1, 0.15) is 41.6 Å². The van der Waals surface area contributed by atoms with Crippen molar-refractivity contribution in [2.45, 2.75) is 38.6 Å². The number of carbonyl (C=O) groups excluding carboxylic acids is 1. The highest BCUT2D eigenvalue weighted by molar-refractivity contribution is 9.09. The summed E-state index contributed by atoms with van der Waals surface area (Å²) in [5, 5.41) is 11.6. The molecule has 1 unspecified atom stereocenters. The minimum absolute atomic E-state index is 0.0284. The zero-order valence-corrected chi connectivity index (χ0v) is 13.6. The van der Waals surface area contributed by atoms with Crippen LogP contribution >= 0.6 is 15.9 Å². The fraction of sp³-hybridized carbons (Fsp3) is 0.533. The highest BCUT2D eigenvalue weighted by Gasteiger charge is 2.26. The predicted octanol–water partition coefficient (Wildman–Crippen LogP) is 3.68. The highest BCUT2D eigenvalue weighted by Crippen LogP contribution is 2.23. The molecule has 0 spiro atoms. The molecule has 1 fully saturated rings. The zero-order valence-electron chi connectivity index (χ0n) is 12.0. The minimum Gasteiger partial charge on any atom is -0.335 e. The van der Waals surface area contributed by atoms with Crippen molar-refractivity contribution < 1.29 is 9.72 Å². The molecule has 1 aromatic carbocycles. The van der Waals surface area contributed by atoms with Gasteiger partial charge >= 0.3 is 0 Å². The Labute approximate surface area is 132 Å². The molecule has 114 valence electrons. The van der Waals surface area contributed by atoms with Crippen molar-refractivity contribution in [1.29, 1.82) is 0 Å². The third-order valence-electron chi connectivity index (χ3n) is 3.96. The lowest BCUT2D eigenvalue weighted by atomic mass is 10.1. The number of carbonyl (C=O) groups is 1. The summed E-state index contributed by atoms with van der Waals surface area (Å²) in [5.74, 6) is -0.0284. The van der Waals surface area contributed by atoms with Crippen LogP contribution in [0.5, 0.6) is 0 Å². The number of aryl methyl sites for hydroxylation is 1. The molecule has 1 aromatic rings. The standard InChI is InChI=1S/C15H19BrN2O3/c1-11-9-12(6-7-14(11)18(20)21)15(19)17-8-4-2-3-5-13(17)10-16/h6-7,9,13H,2-5,8,10H2,1H3. The lowest BCUT2D eigenvalue weighted by molar-refractivity contribution is -0.385. The Morgan fingerprint density at radius 2 is 2.19 bits per heavy atom. The molecular formula is C15H19BrN2O3. The van der Waals surface area contributed by atoms with Gasteiger partial charge < -0.3 is 4.90 Å². The van der Waals surface area contributed by atoms with Crippen molar-refractivity contribution in [3.05, 3.63) is 39.4 Å². The first-order valence-corrected chi connectivity index (χ1v) is 8.28. The van der Waals surface area contributed by atoms with Gasteiger partial charge in [-0.05, 0) is 31.9 Å². The third kappa shape index (κ3) is 3.61. The number of rotatable bonds is 3. The number of nitro benzene ring substituents is 1. The number of likely N-dealkylation sites (tertiary alicyclic amines) is 1. The summed E-state index contributed by atoms with van der Waals surface area (Å²) in [4.78, 5) is 25.0. The van der Waals surface area contributed by atoms with E-state index in [9.17, 15) is 14.9 Å². The average molecular weight is 355 g/mol. The number of benzene rings is 1. The molecule has 2 rings (SSSR count). The van der Waals surface area contributed by atoms with Gasteiger partial charge in [0.1, 0.15) is 0 Å². The van der Waals surface area contributed by atoms with Gasteiger partial charge in [-0.3, -0.25) is 14.9 Å². The van der Waals surface area contributed by atoms with Crippen molar-refractivity contribution in [2.24, 2.45) is 0 Å². The van der Waals surface area contributed by atoms with Gasteiger partial charge in [0, 0.05) is 35.1 Å². The summed E-state index contributed by atoms with van der Waals surface area (Å²) in [5.41, 5.74) is 1.11. The van der Waals surface area contributed by atoms with E-state index in [4.69, 9.17) is 0 Å². The van der Waals surface area contributed by atoms with Gasteiger partial charge in [-0.2, -0.15) is 0 Å². The summed E-state index contributed by atoms with van der Waals surface area (Å²) >= 11 is 3.49. The molecule has 1 saturated heterocycles. The van der Waals surface area contributed by atoms with Crippen LogP contribution in [0.15, 0.2) is 18.2 Å². The van der Waals surface area contributed by atoms with Crippen LogP contribution in [0.3, 0.4) is 0 Å². The molecule has 5 nitrogen and oxygen atoms in total. The van der Waals surface area contributed by atoms with E-state index >= 15 is 0 Å². The molecular weight excluding hydrogens is 336 g/mol. The Balaban J connectivity index is 2.25. The first-order valence-electron chi connectivity index (χ1n) is 7.16. The summed E-state index contributed by atoms with van der Waals surface area (Å²) in [6, 6.07) is 4.81. The van der Waals surface area contributed by atoms with E-state index in [1.807, 2.05) is 4.90 Å². The predicted molar refractivity (Wildman–Crippen MR) is 84.9 cm³/mol. The zero-order chi connectivity index (χ0) is 15.4. The molecule has 1 aliphatic heterocycles. The SMILES string of the molecule is Cc1cc(C(=O)N2CCCCCC2CBr)ccc1[N+](=O)[O-]. The molecule has 6 heteroatoms. The number of hydrogen-bond donors (Lipinski definition) is 0. The molecule has 0 saturated carbocycles. The Hall–Kier alpha value is -1.43. The maximum Gasteiger partial charge on any atom is 0.272 e. The molecule has 0 radical (unpaired) electrons. The summed E-state index contributed by atoms with van der Waals surface area (Å²) < 4.78 is 0. The van der Waals surface area contributed by atoms with E-state index in [0.29, 0.717) is 11.1 Å². The molecule has 1 atom stereocenters. The monoisotopic (exact) mass is 354 g/mol. The van der Waals surface area contributed by atoms with Crippen molar-refractivity contribution in [3.8, 4) is 0 Å². The number of nitro groups is 1. The van der Waals surface area contributed by atoms with Crippen molar-refractivity contribution >= 4 is 27.5 Å². The molecule has 0 N–H and O–H groups in total. The summed E-state index contributed by atoms with van der Waals surface area (Å²) in [6.07, 6.45) is 4.30. The smallest absolute Gasteiger partial charge is 0.272 e. The van der Waals surface area contributed by atoms with E-state index < -0.39 is 4.92 Å². The Morgan fingerprint density at radius 1 is 1.43 bits per heavy atom. The number of amides is 1. The molecule has 0 aromatic heterocycles. The second kappa shape index (κ2) is 7.02. The molecule has 1 heterocycles. The third-order valence-corrected chi connectivity index (χ3v) is 4.70. The van der Waals surface area contributed by atoms with Crippen LogP contribution in [0.4, 0.5) is 5.69 Å². The Bertz CT molecular complexity index is 548. The van der Waals surface area contributed by atoms with Crippen molar-refractivity contribution in [3.63, 3.8) is 0 Å². The maximum absolute atomic E-state index is 12.7. The van der Waals surface area contributed by atoms with Gasteiger partial charge in [0.05, 0.1) is 4.92 Å². The van der Waals surface area contributed by atoms with Gasteiger partial charge in [-0.15, -0.1) is 0 Å². The lowest BCUT2D eigenvalue weighted by Gasteiger charge is -2.29. The first kappa shape index (κ1) is 15.9. The van der Waals surface area contributed by atoms with E-state index in [1.165, 1.54) is 6.07 Å². The summed E-state index contributed by atoms with van der Waals surface area (Å²) in [7, 11) is 0. The number of halogens is 1. The average Bonchev–Trinajstić information content (AvgIpc) is 2.71. The molecule has 1 aliphatic rings. The Morgan fingerprint density at radius 3 is 2.81 bits per heavy atom. The quantitative estimate of drug-likeness (QED) is 0.472. The van der Waals surface area contributed by atoms with E-state index in [1.54, 1.807) is 19.1 Å². The molecule has 21 heavy (non-hydrogen) atoms. The van der Waals surface area contributed by atoms with Crippen molar-refractivity contribution in [1.82, 2.24) is 4.90 Å². The van der Waals surface area contributed by atoms with Crippen LogP contribution in [0, 0.1) is 17.0 Å². The molecule has 0 bridgehead atoms. The lowest BCUT2D eigenvalue weighted by Crippen LogP contribution is -2.41. The largest absolute Gasteiger partial charge is 0.335 e. The molecule has 0 aliphatic carbocycles. The minimum atomic E-state index is -0.420. The van der Waals surface area contributed by atoms with Crippen LogP contribution in [-0.4, -0.2) is 33.6 Å². The van der Waals surface area contributed by atoms with E-state index in [0.717, 1.165) is 37.6 Å². The second-order valence-corrected chi connectivity index (χ2v) is 6.06. The topological polar surface area (TPSA) is 63.5 Å². The Kier molecular flexibility index (Phi) is 5.33. The second-order valence-electron chi connectivity index (χ2n) is 5.41. The first-order chi connectivity index (χ1) is 10.0. The van der Waals surface area contributed by atoms with E-state index in [2.05, 4.69) is 15.9 Å². The molecule has 1 amide bonds. The van der Waals surface area contributed by atoms with Gasteiger partial charge in [0.2, 0.25) is 0 Å².